The Morgan fingerprint density at radius 3 is 2.57 bits per heavy atom. The summed E-state index contributed by atoms with van der Waals surface area (Å²) in [5.74, 6) is 0.641. The third-order valence-corrected chi connectivity index (χ3v) is 3.71. The normalized spacial score (nSPS) is 10.7. The lowest BCUT2D eigenvalue weighted by Crippen LogP contribution is -2.04. The molecule has 0 saturated carbocycles. The number of aldehydes is 1. The van der Waals surface area contributed by atoms with Gasteiger partial charge in [0, 0.05) is 22.6 Å². The molecule has 0 aliphatic rings. The molecule has 0 fully saturated rings. The van der Waals surface area contributed by atoms with E-state index in [2.05, 4.69) is 6.92 Å². The van der Waals surface area contributed by atoms with E-state index in [0.29, 0.717) is 16.9 Å². The first-order valence-corrected chi connectivity index (χ1v) is 7.43. The maximum atomic E-state index is 11.7. The van der Waals surface area contributed by atoms with Gasteiger partial charge in [-0.2, -0.15) is 0 Å². The molecule has 3 aromatic rings. The van der Waals surface area contributed by atoms with E-state index in [4.69, 9.17) is 9.15 Å². The lowest BCUT2D eigenvalue weighted by Gasteiger charge is -2.09. The molecule has 116 valence electrons. The predicted octanol–water partition coefficient (Wildman–Crippen LogP) is 3.75. The third-order valence-electron chi connectivity index (χ3n) is 3.71. The summed E-state index contributed by atoms with van der Waals surface area (Å²) < 4.78 is 11.0. The van der Waals surface area contributed by atoms with Crippen LogP contribution in [0.3, 0.4) is 0 Å². The minimum absolute atomic E-state index is 0.258. The molecular formula is C19H16O4. The van der Waals surface area contributed by atoms with Crippen LogP contribution in [0.1, 0.15) is 28.4 Å². The molecule has 23 heavy (non-hydrogen) atoms. The molecule has 1 heterocycles. The van der Waals surface area contributed by atoms with E-state index < -0.39 is 0 Å². The zero-order chi connectivity index (χ0) is 16.2. The van der Waals surface area contributed by atoms with Gasteiger partial charge < -0.3 is 9.15 Å². The van der Waals surface area contributed by atoms with Crippen LogP contribution in [0, 0.1) is 0 Å². The largest absolute Gasteiger partial charge is 0.489 e. The van der Waals surface area contributed by atoms with Crippen LogP contribution in [0.15, 0.2) is 57.7 Å². The standard InChI is InChI=1S/C19H16O4/c1-2-13-5-8-17-15(10-19(21)23-18(17)9-13)12-22-16-6-3-14(11-20)4-7-16/h3-11H,2,12H2,1H3. The molecule has 0 spiro atoms. The first-order valence-electron chi connectivity index (χ1n) is 7.43. The van der Waals surface area contributed by atoms with Gasteiger partial charge in [0.1, 0.15) is 24.2 Å². The molecule has 0 aliphatic carbocycles. The second-order valence-corrected chi connectivity index (χ2v) is 5.25. The quantitative estimate of drug-likeness (QED) is 0.532. The molecule has 0 N–H and O–H groups in total. The fourth-order valence-corrected chi connectivity index (χ4v) is 2.42. The van der Waals surface area contributed by atoms with Crippen molar-refractivity contribution in [1.82, 2.24) is 0 Å². The number of ether oxygens (including phenoxy) is 1. The van der Waals surface area contributed by atoms with Crippen molar-refractivity contribution in [3.8, 4) is 5.75 Å². The third kappa shape index (κ3) is 3.31. The molecule has 4 nitrogen and oxygen atoms in total. The Morgan fingerprint density at radius 2 is 1.87 bits per heavy atom. The maximum absolute atomic E-state index is 11.7. The Bertz CT molecular complexity index is 891. The van der Waals surface area contributed by atoms with Gasteiger partial charge in [-0.3, -0.25) is 4.79 Å². The van der Waals surface area contributed by atoms with Crippen LogP contribution in [0.25, 0.3) is 11.0 Å². The summed E-state index contributed by atoms with van der Waals surface area (Å²) in [6.07, 6.45) is 1.66. The topological polar surface area (TPSA) is 56.5 Å². The second-order valence-electron chi connectivity index (χ2n) is 5.25. The van der Waals surface area contributed by atoms with Gasteiger partial charge in [-0.25, -0.2) is 4.79 Å². The number of aryl methyl sites for hydroxylation is 1. The van der Waals surface area contributed by atoms with E-state index in [1.54, 1.807) is 24.3 Å². The summed E-state index contributed by atoms with van der Waals surface area (Å²) in [6, 6.07) is 14.1. The fourth-order valence-electron chi connectivity index (χ4n) is 2.42. The predicted molar refractivity (Wildman–Crippen MR) is 88.0 cm³/mol. The van der Waals surface area contributed by atoms with Gasteiger partial charge in [0.25, 0.3) is 0 Å². The Kier molecular flexibility index (Phi) is 4.24. The highest BCUT2D eigenvalue weighted by molar-refractivity contribution is 5.80. The van der Waals surface area contributed by atoms with Crippen LogP contribution >= 0.6 is 0 Å². The first-order chi connectivity index (χ1) is 11.2. The SMILES string of the molecule is CCc1ccc2c(COc3ccc(C=O)cc3)cc(=O)oc2c1. The summed E-state index contributed by atoms with van der Waals surface area (Å²) in [6.45, 7) is 2.31. The number of carbonyl (C=O) groups excluding carboxylic acids is 1. The van der Waals surface area contributed by atoms with Gasteiger partial charge in [-0.05, 0) is 42.3 Å². The maximum Gasteiger partial charge on any atom is 0.336 e. The monoisotopic (exact) mass is 308 g/mol. The van der Waals surface area contributed by atoms with Crippen LogP contribution in [0.4, 0.5) is 0 Å². The average molecular weight is 308 g/mol. The van der Waals surface area contributed by atoms with Crippen molar-refractivity contribution in [2.75, 3.05) is 0 Å². The van der Waals surface area contributed by atoms with Crippen LogP contribution in [-0.2, 0) is 13.0 Å². The highest BCUT2D eigenvalue weighted by Gasteiger charge is 2.07. The number of hydrogen-bond donors (Lipinski definition) is 0. The van der Waals surface area contributed by atoms with Crippen molar-refractivity contribution in [3.05, 3.63) is 75.6 Å². The minimum atomic E-state index is -0.388. The number of carbonyl (C=O) groups is 1. The fraction of sp³-hybridized carbons (Fsp3) is 0.158. The molecule has 0 saturated heterocycles. The lowest BCUT2D eigenvalue weighted by atomic mass is 10.1. The molecule has 1 aromatic heterocycles. The zero-order valence-electron chi connectivity index (χ0n) is 12.7. The summed E-state index contributed by atoms with van der Waals surface area (Å²) in [4.78, 5) is 22.4. The Morgan fingerprint density at radius 1 is 1.09 bits per heavy atom. The molecule has 0 aliphatic heterocycles. The zero-order valence-corrected chi connectivity index (χ0v) is 12.7. The van der Waals surface area contributed by atoms with E-state index in [1.807, 2.05) is 18.2 Å². The Hall–Kier alpha value is -2.88. The minimum Gasteiger partial charge on any atom is -0.489 e. The highest BCUT2D eigenvalue weighted by Crippen LogP contribution is 2.21. The second kappa shape index (κ2) is 6.48. The van der Waals surface area contributed by atoms with E-state index in [-0.39, 0.29) is 12.2 Å². The van der Waals surface area contributed by atoms with Crippen molar-refractivity contribution in [1.29, 1.82) is 0 Å². The molecule has 2 aromatic carbocycles. The van der Waals surface area contributed by atoms with Gasteiger partial charge in [0.05, 0.1) is 0 Å². The van der Waals surface area contributed by atoms with E-state index >= 15 is 0 Å². The van der Waals surface area contributed by atoms with Crippen LogP contribution in [0.2, 0.25) is 0 Å². The molecule has 4 heteroatoms. The number of hydrogen-bond acceptors (Lipinski definition) is 4. The van der Waals surface area contributed by atoms with Gasteiger partial charge in [0.2, 0.25) is 0 Å². The van der Waals surface area contributed by atoms with Crippen LogP contribution in [0.5, 0.6) is 5.75 Å². The van der Waals surface area contributed by atoms with E-state index in [9.17, 15) is 9.59 Å². The molecule has 0 amide bonds. The smallest absolute Gasteiger partial charge is 0.336 e. The highest BCUT2D eigenvalue weighted by atomic mass is 16.5. The lowest BCUT2D eigenvalue weighted by molar-refractivity contribution is 0.112. The summed E-state index contributed by atoms with van der Waals surface area (Å²) in [5.41, 5.74) is 2.67. The molecule has 0 bridgehead atoms. The number of fused-ring (bicyclic) bond motifs is 1. The molecule has 0 atom stereocenters. The average Bonchev–Trinajstić information content (AvgIpc) is 2.59. The number of benzene rings is 2. The molecule has 0 radical (unpaired) electrons. The van der Waals surface area contributed by atoms with Crippen LogP contribution in [-0.4, -0.2) is 6.29 Å². The van der Waals surface area contributed by atoms with Gasteiger partial charge in [0.15, 0.2) is 0 Å². The van der Waals surface area contributed by atoms with Crippen LogP contribution < -0.4 is 10.4 Å². The van der Waals surface area contributed by atoms with E-state index in [1.165, 1.54) is 6.07 Å². The van der Waals surface area contributed by atoms with Crippen molar-refractivity contribution in [3.63, 3.8) is 0 Å². The van der Waals surface area contributed by atoms with Crippen molar-refractivity contribution >= 4 is 17.3 Å². The van der Waals surface area contributed by atoms with Crippen molar-refractivity contribution in [2.45, 2.75) is 20.0 Å². The molecule has 3 rings (SSSR count). The first kappa shape index (κ1) is 15.0. The summed E-state index contributed by atoms with van der Waals surface area (Å²) in [5, 5.41) is 0.867. The molecular weight excluding hydrogens is 292 g/mol. The number of rotatable bonds is 5. The van der Waals surface area contributed by atoms with Gasteiger partial charge in [-0.15, -0.1) is 0 Å². The Labute approximate surface area is 133 Å². The Balaban J connectivity index is 1.89. The van der Waals surface area contributed by atoms with Gasteiger partial charge >= 0.3 is 5.63 Å². The summed E-state index contributed by atoms with van der Waals surface area (Å²) >= 11 is 0. The van der Waals surface area contributed by atoms with Crippen molar-refractivity contribution < 1.29 is 13.9 Å². The summed E-state index contributed by atoms with van der Waals surface area (Å²) in [7, 11) is 0. The van der Waals surface area contributed by atoms with E-state index in [0.717, 1.165) is 29.2 Å². The van der Waals surface area contributed by atoms with Gasteiger partial charge in [-0.1, -0.05) is 19.1 Å². The molecule has 0 unspecified atom stereocenters. The van der Waals surface area contributed by atoms with Crippen molar-refractivity contribution in [2.24, 2.45) is 0 Å².